The molecule has 0 spiro atoms. The van der Waals surface area contributed by atoms with Crippen LogP contribution in [0.5, 0.6) is 0 Å². The van der Waals surface area contributed by atoms with E-state index < -0.39 is 12.1 Å². The molecule has 3 atom stereocenters. The van der Waals surface area contributed by atoms with Crippen molar-refractivity contribution in [3.63, 3.8) is 0 Å². The van der Waals surface area contributed by atoms with E-state index in [1.807, 2.05) is 31.2 Å². The van der Waals surface area contributed by atoms with Crippen LogP contribution in [-0.4, -0.2) is 53.3 Å². The van der Waals surface area contributed by atoms with Crippen LogP contribution in [0.3, 0.4) is 0 Å². The SMILES string of the molecule is Cc1ccc(N2C(=O)N(CC(=O)N3C[C@@H](C)C[C@H](C)C3)C(=O)[C@H]2C)cc1. The average molecular weight is 357 g/mol. The number of amides is 4. The van der Waals surface area contributed by atoms with Crippen LogP contribution in [0.25, 0.3) is 0 Å². The Morgan fingerprint density at radius 2 is 1.62 bits per heavy atom. The molecule has 0 aromatic heterocycles. The molecule has 4 amide bonds. The van der Waals surface area contributed by atoms with E-state index in [0.29, 0.717) is 30.6 Å². The fourth-order valence-electron chi connectivity index (χ4n) is 4.01. The molecule has 2 heterocycles. The van der Waals surface area contributed by atoms with Crippen molar-refractivity contribution >= 4 is 23.5 Å². The lowest BCUT2D eigenvalue weighted by Crippen LogP contribution is -2.48. The predicted octanol–water partition coefficient (Wildman–Crippen LogP) is 2.66. The number of hydrogen-bond acceptors (Lipinski definition) is 3. The lowest BCUT2D eigenvalue weighted by molar-refractivity contribution is -0.139. The van der Waals surface area contributed by atoms with Gasteiger partial charge in [0.2, 0.25) is 5.91 Å². The third-order valence-electron chi connectivity index (χ3n) is 5.27. The summed E-state index contributed by atoms with van der Waals surface area (Å²) in [6, 6.07) is 6.45. The van der Waals surface area contributed by atoms with E-state index >= 15 is 0 Å². The zero-order valence-corrected chi connectivity index (χ0v) is 15.9. The number of likely N-dealkylation sites (tertiary alicyclic amines) is 1. The van der Waals surface area contributed by atoms with Gasteiger partial charge in [-0.1, -0.05) is 31.5 Å². The lowest BCUT2D eigenvalue weighted by atomic mass is 9.92. The molecule has 3 rings (SSSR count). The Kier molecular flexibility index (Phi) is 5.03. The molecule has 2 fully saturated rings. The first kappa shape index (κ1) is 18.4. The van der Waals surface area contributed by atoms with Gasteiger partial charge in [0.1, 0.15) is 12.6 Å². The second-order valence-corrected chi connectivity index (χ2v) is 7.83. The summed E-state index contributed by atoms with van der Waals surface area (Å²) >= 11 is 0. The Balaban J connectivity index is 1.74. The molecule has 0 aliphatic carbocycles. The van der Waals surface area contributed by atoms with Crippen LogP contribution in [0.15, 0.2) is 24.3 Å². The molecule has 0 bridgehead atoms. The fraction of sp³-hybridized carbons (Fsp3) is 0.550. The van der Waals surface area contributed by atoms with E-state index in [0.717, 1.165) is 16.9 Å². The quantitative estimate of drug-likeness (QED) is 0.782. The molecular formula is C20H27N3O3. The van der Waals surface area contributed by atoms with Crippen molar-refractivity contribution in [3.05, 3.63) is 29.8 Å². The summed E-state index contributed by atoms with van der Waals surface area (Å²) in [5.74, 6) is 0.413. The summed E-state index contributed by atoms with van der Waals surface area (Å²) in [6.07, 6.45) is 1.10. The van der Waals surface area contributed by atoms with Gasteiger partial charge in [0, 0.05) is 18.8 Å². The molecule has 2 aliphatic heterocycles. The molecule has 0 radical (unpaired) electrons. The van der Waals surface area contributed by atoms with E-state index in [1.165, 1.54) is 4.90 Å². The van der Waals surface area contributed by atoms with Crippen LogP contribution in [0.1, 0.15) is 32.8 Å². The van der Waals surface area contributed by atoms with Crippen molar-refractivity contribution in [1.29, 1.82) is 0 Å². The summed E-state index contributed by atoms with van der Waals surface area (Å²) in [7, 11) is 0. The van der Waals surface area contributed by atoms with Crippen molar-refractivity contribution in [2.75, 3.05) is 24.5 Å². The first-order chi connectivity index (χ1) is 12.3. The van der Waals surface area contributed by atoms with Gasteiger partial charge in [-0.3, -0.25) is 19.4 Å². The highest BCUT2D eigenvalue weighted by molar-refractivity contribution is 6.15. The van der Waals surface area contributed by atoms with Gasteiger partial charge >= 0.3 is 6.03 Å². The van der Waals surface area contributed by atoms with Crippen molar-refractivity contribution in [3.8, 4) is 0 Å². The van der Waals surface area contributed by atoms with Gasteiger partial charge in [-0.25, -0.2) is 4.79 Å². The van der Waals surface area contributed by atoms with E-state index in [9.17, 15) is 14.4 Å². The van der Waals surface area contributed by atoms with Crippen LogP contribution in [0.4, 0.5) is 10.5 Å². The molecule has 0 N–H and O–H groups in total. The highest BCUT2D eigenvalue weighted by atomic mass is 16.2. The molecule has 26 heavy (non-hydrogen) atoms. The van der Waals surface area contributed by atoms with Crippen molar-refractivity contribution in [2.45, 2.75) is 40.2 Å². The molecule has 0 saturated carbocycles. The summed E-state index contributed by atoms with van der Waals surface area (Å²) in [5.41, 5.74) is 1.76. The third kappa shape index (κ3) is 3.45. The van der Waals surface area contributed by atoms with E-state index in [4.69, 9.17) is 0 Å². The van der Waals surface area contributed by atoms with Crippen LogP contribution < -0.4 is 4.90 Å². The number of aryl methyl sites for hydroxylation is 1. The minimum absolute atomic E-state index is 0.150. The summed E-state index contributed by atoms with van der Waals surface area (Å²) in [5, 5.41) is 0. The van der Waals surface area contributed by atoms with E-state index in [2.05, 4.69) is 13.8 Å². The minimum Gasteiger partial charge on any atom is -0.341 e. The monoisotopic (exact) mass is 357 g/mol. The first-order valence-corrected chi connectivity index (χ1v) is 9.27. The molecule has 1 aromatic carbocycles. The summed E-state index contributed by atoms with van der Waals surface area (Å²) < 4.78 is 0. The smallest absolute Gasteiger partial charge is 0.332 e. The van der Waals surface area contributed by atoms with Gasteiger partial charge in [0.05, 0.1) is 0 Å². The Morgan fingerprint density at radius 1 is 1.04 bits per heavy atom. The highest BCUT2D eigenvalue weighted by Crippen LogP contribution is 2.27. The lowest BCUT2D eigenvalue weighted by Gasteiger charge is -2.35. The van der Waals surface area contributed by atoms with Gasteiger partial charge < -0.3 is 4.90 Å². The van der Waals surface area contributed by atoms with Gasteiger partial charge in [-0.2, -0.15) is 0 Å². The Hall–Kier alpha value is -2.37. The van der Waals surface area contributed by atoms with Crippen molar-refractivity contribution < 1.29 is 14.4 Å². The summed E-state index contributed by atoms with van der Waals surface area (Å²) in [6.45, 7) is 9.13. The van der Waals surface area contributed by atoms with Gasteiger partial charge in [-0.05, 0) is 44.2 Å². The number of hydrogen-bond donors (Lipinski definition) is 0. The third-order valence-corrected chi connectivity index (χ3v) is 5.27. The topological polar surface area (TPSA) is 60.9 Å². The number of piperidine rings is 1. The predicted molar refractivity (Wildman–Crippen MR) is 99.8 cm³/mol. The normalized spacial score (nSPS) is 26.6. The molecule has 2 saturated heterocycles. The number of urea groups is 1. The second-order valence-electron chi connectivity index (χ2n) is 7.83. The van der Waals surface area contributed by atoms with Crippen LogP contribution in [-0.2, 0) is 9.59 Å². The van der Waals surface area contributed by atoms with Crippen LogP contribution in [0.2, 0.25) is 0 Å². The van der Waals surface area contributed by atoms with Crippen LogP contribution >= 0.6 is 0 Å². The van der Waals surface area contributed by atoms with Crippen molar-refractivity contribution in [1.82, 2.24) is 9.80 Å². The Bertz CT molecular complexity index is 706. The molecule has 2 aliphatic rings. The number of carbonyl (C=O) groups excluding carboxylic acids is 3. The van der Waals surface area contributed by atoms with Gasteiger partial charge in [0.15, 0.2) is 0 Å². The fourth-order valence-corrected chi connectivity index (χ4v) is 4.01. The zero-order valence-electron chi connectivity index (χ0n) is 15.9. The maximum Gasteiger partial charge on any atom is 0.332 e. The maximum absolute atomic E-state index is 12.8. The highest BCUT2D eigenvalue weighted by Gasteiger charge is 2.44. The molecule has 6 nitrogen and oxygen atoms in total. The Morgan fingerprint density at radius 3 is 2.19 bits per heavy atom. The zero-order chi connectivity index (χ0) is 19.0. The Labute approximate surface area is 154 Å². The standard InChI is InChI=1S/C20H27N3O3/c1-13-5-7-17(8-6-13)23-16(4)19(25)22(20(23)26)12-18(24)21-10-14(2)9-15(3)11-21/h5-8,14-16H,9-12H2,1-4H3/t14-,15-,16+/m0/s1. The number of benzene rings is 1. The van der Waals surface area contributed by atoms with E-state index in [1.54, 1.807) is 11.8 Å². The minimum atomic E-state index is -0.600. The first-order valence-electron chi connectivity index (χ1n) is 9.27. The maximum atomic E-state index is 12.8. The largest absolute Gasteiger partial charge is 0.341 e. The molecular weight excluding hydrogens is 330 g/mol. The summed E-state index contributed by atoms with van der Waals surface area (Å²) in [4.78, 5) is 42.5. The number of rotatable bonds is 3. The molecule has 1 aromatic rings. The number of nitrogens with zero attached hydrogens (tertiary/aromatic N) is 3. The number of anilines is 1. The van der Waals surface area contributed by atoms with Gasteiger partial charge in [-0.15, -0.1) is 0 Å². The number of imide groups is 1. The van der Waals surface area contributed by atoms with Gasteiger partial charge in [0.25, 0.3) is 5.91 Å². The average Bonchev–Trinajstić information content (AvgIpc) is 2.78. The molecule has 140 valence electrons. The second kappa shape index (κ2) is 7.09. The van der Waals surface area contributed by atoms with Crippen molar-refractivity contribution in [2.24, 2.45) is 11.8 Å². The molecule has 6 heteroatoms. The van der Waals surface area contributed by atoms with Crippen LogP contribution in [0, 0.1) is 18.8 Å². The molecule has 0 unspecified atom stereocenters. The van der Waals surface area contributed by atoms with E-state index in [-0.39, 0.29) is 18.4 Å². The number of carbonyl (C=O) groups is 3.